The lowest BCUT2D eigenvalue weighted by Crippen LogP contribution is -2.25. The van der Waals surface area contributed by atoms with Crippen molar-refractivity contribution in [1.29, 1.82) is 0 Å². The van der Waals surface area contributed by atoms with Gasteiger partial charge in [0, 0.05) is 42.9 Å². The van der Waals surface area contributed by atoms with Crippen LogP contribution in [0.15, 0.2) is 42.9 Å². The maximum atomic E-state index is 14.6. The Hall–Kier alpha value is -3.56. The van der Waals surface area contributed by atoms with Gasteiger partial charge in [-0.3, -0.25) is 14.8 Å². The summed E-state index contributed by atoms with van der Waals surface area (Å²) in [6.07, 6.45) is 3.34. The van der Waals surface area contributed by atoms with E-state index in [0.717, 1.165) is 12.3 Å². The Morgan fingerprint density at radius 2 is 1.83 bits per heavy atom. The van der Waals surface area contributed by atoms with Gasteiger partial charge in [-0.2, -0.15) is 0 Å². The molecular formula is C25H24F4N4O2. The van der Waals surface area contributed by atoms with Gasteiger partial charge in [0.25, 0.3) is 11.8 Å². The van der Waals surface area contributed by atoms with E-state index in [4.69, 9.17) is 4.74 Å². The SMILES string of the molecule is CC(C)Oc1ncc(C(=O)Nc2c(-c3ncccc3F)ccnc2C2CCC(F)(F)CC2)cc1F. The van der Waals surface area contributed by atoms with Crippen LogP contribution in [0.5, 0.6) is 5.88 Å². The summed E-state index contributed by atoms with van der Waals surface area (Å²) < 4.78 is 61.9. The lowest BCUT2D eigenvalue weighted by atomic mass is 9.83. The van der Waals surface area contributed by atoms with E-state index in [1.165, 1.54) is 30.6 Å². The van der Waals surface area contributed by atoms with Gasteiger partial charge in [-0.05, 0) is 51.0 Å². The molecule has 3 aromatic heterocycles. The van der Waals surface area contributed by atoms with Gasteiger partial charge in [0.05, 0.1) is 23.0 Å². The summed E-state index contributed by atoms with van der Waals surface area (Å²) in [7, 11) is 0. The molecule has 1 aliphatic rings. The van der Waals surface area contributed by atoms with Crippen molar-refractivity contribution in [2.45, 2.75) is 57.5 Å². The molecule has 184 valence electrons. The lowest BCUT2D eigenvalue weighted by molar-refractivity contribution is -0.0384. The molecule has 0 radical (unpaired) electrons. The molecule has 0 aliphatic heterocycles. The monoisotopic (exact) mass is 488 g/mol. The van der Waals surface area contributed by atoms with Crippen molar-refractivity contribution >= 4 is 11.6 Å². The van der Waals surface area contributed by atoms with Crippen molar-refractivity contribution in [2.75, 3.05) is 5.32 Å². The van der Waals surface area contributed by atoms with Crippen LogP contribution in [0.4, 0.5) is 23.2 Å². The van der Waals surface area contributed by atoms with Crippen LogP contribution in [-0.4, -0.2) is 32.9 Å². The van der Waals surface area contributed by atoms with Crippen molar-refractivity contribution in [1.82, 2.24) is 15.0 Å². The quantitative estimate of drug-likeness (QED) is 0.421. The highest BCUT2D eigenvalue weighted by Gasteiger charge is 2.37. The van der Waals surface area contributed by atoms with Gasteiger partial charge in [-0.1, -0.05) is 0 Å². The van der Waals surface area contributed by atoms with E-state index in [1.807, 2.05) is 0 Å². The molecule has 1 aliphatic carbocycles. The minimum atomic E-state index is -2.76. The number of nitrogens with one attached hydrogen (secondary N) is 1. The highest BCUT2D eigenvalue weighted by Crippen LogP contribution is 2.44. The number of amides is 1. The van der Waals surface area contributed by atoms with Gasteiger partial charge in [0.2, 0.25) is 5.92 Å². The Balaban J connectivity index is 1.72. The molecule has 35 heavy (non-hydrogen) atoms. The molecule has 0 atom stereocenters. The number of rotatable bonds is 6. The fourth-order valence-electron chi connectivity index (χ4n) is 4.06. The first-order valence-corrected chi connectivity index (χ1v) is 11.3. The van der Waals surface area contributed by atoms with Crippen molar-refractivity contribution < 1.29 is 27.1 Å². The van der Waals surface area contributed by atoms with E-state index in [0.29, 0.717) is 5.69 Å². The van der Waals surface area contributed by atoms with Crippen LogP contribution in [0.25, 0.3) is 11.3 Å². The number of halogens is 4. The number of carbonyl (C=O) groups excluding carboxylic acids is 1. The molecule has 3 heterocycles. The molecule has 3 aromatic rings. The smallest absolute Gasteiger partial charge is 0.257 e. The van der Waals surface area contributed by atoms with E-state index in [2.05, 4.69) is 20.3 Å². The number of nitrogens with zero attached hydrogens (tertiary/aromatic N) is 3. The average molecular weight is 488 g/mol. The summed E-state index contributed by atoms with van der Waals surface area (Å²) in [6.45, 7) is 3.43. The van der Waals surface area contributed by atoms with Gasteiger partial charge in [-0.25, -0.2) is 22.5 Å². The number of alkyl halides is 2. The number of aromatic nitrogens is 3. The molecule has 6 nitrogen and oxygen atoms in total. The third kappa shape index (κ3) is 5.58. The minimum absolute atomic E-state index is 0.0300. The zero-order chi connectivity index (χ0) is 25.2. The van der Waals surface area contributed by atoms with Crippen LogP contribution >= 0.6 is 0 Å². The molecule has 1 fully saturated rings. The summed E-state index contributed by atoms with van der Waals surface area (Å²) in [5, 5.41) is 2.68. The Morgan fingerprint density at radius 1 is 1.09 bits per heavy atom. The van der Waals surface area contributed by atoms with Crippen LogP contribution in [-0.2, 0) is 0 Å². The molecule has 1 saturated carbocycles. The molecule has 0 spiro atoms. The molecule has 0 unspecified atom stereocenters. The third-order valence-corrected chi connectivity index (χ3v) is 5.75. The summed E-state index contributed by atoms with van der Waals surface area (Å²) in [5.74, 6) is -5.54. The molecular weight excluding hydrogens is 464 g/mol. The molecule has 1 amide bonds. The molecule has 0 aromatic carbocycles. The van der Waals surface area contributed by atoms with Crippen molar-refractivity contribution in [3.05, 3.63) is 65.7 Å². The lowest BCUT2D eigenvalue weighted by Gasteiger charge is -2.29. The summed E-state index contributed by atoms with van der Waals surface area (Å²) in [6, 6.07) is 5.12. The van der Waals surface area contributed by atoms with E-state index in [9.17, 15) is 22.4 Å². The maximum absolute atomic E-state index is 14.6. The number of anilines is 1. The Morgan fingerprint density at radius 3 is 2.49 bits per heavy atom. The third-order valence-electron chi connectivity index (χ3n) is 5.75. The predicted octanol–water partition coefficient (Wildman–Crippen LogP) is 6.15. The highest BCUT2D eigenvalue weighted by atomic mass is 19.3. The first-order chi connectivity index (χ1) is 16.6. The average Bonchev–Trinajstić information content (AvgIpc) is 2.81. The second kappa shape index (κ2) is 9.97. The van der Waals surface area contributed by atoms with E-state index in [-0.39, 0.29) is 66.1 Å². The number of ether oxygens (including phenoxy) is 1. The Bertz CT molecular complexity index is 1230. The van der Waals surface area contributed by atoms with E-state index < -0.39 is 23.5 Å². The van der Waals surface area contributed by atoms with Crippen LogP contribution < -0.4 is 10.1 Å². The van der Waals surface area contributed by atoms with Gasteiger partial charge < -0.3 is 10.1 Å². The van der Waals surface area contributed by atoms with Crippen LogP contribution in [0.1, 0.15) is 61.5 Å². The standard InChI is InChI=1S/C25H24F4N4O2/c1-14(2)35-24-19(27)12-16(13-32-24)23(34)33-22-17(21-18(26)4-3-10-30-21)7-11-31-20(22)15-5-8-25(28,29)9-6-15/h3-4,7,10-15H,5-6,8-9H2,1-2H3,(H,33,34). The van der Waals surface area contributed by atoms with E-state index in [1.54, 1.807) is 13.8 Å². The van der Waals surface area contributed by atoms with E-state index >= 15 is 0 Å². The number of hydrogen-bond acceptors (Lipinski definition) is 5. The van der Waals surface area contributed by atoms with Crippen molar-refractivity contribution in [2.24, 2.45) is 0 Å². The molecule has 1 N–H and O–H groups in total. The second-order valence-electron chi connectivity index (χ2n) is 8.71. The molecule has 0 saturated heterocycles. The minimum Gasteiger partial charge on any atom is -0.473 e. The Kier molecular flexibility index (Phi) is 7.00. The van der Waals surface area contributed by atoms with Gasteiger partial charge in [0.15, 0.2) is 5.82 Å². The van der Waals surface area contributed by atoms with Gasteiger partial charge in [0.1, 0.15) is 11.5 Å². The molecule has 10 heteroatoms. The summed E-state index contributed by atoms with van der Waals surface area (Å²) in [4.78, 5) is 25.4. The van der Waals surface area contributed by atoms with Gasteiger partial charge in [-0.15, -0.1) is 0 Å². The first kappa shape index (κ1) is 24.6. The predicted molar refractivity (Wildman–Crippen MR) is 121 cm³/mol. The van der Waals surface area contributed by atoms with Crippen molar-refractivity contribution in [3.63, 3.8) is 0 Å². The van der Waals surface area contributed by atoms with Crippen molar-refractivity contribution in [3.8, 4) is 17.1 Å². The second-order valence-corrected chi connectivity index (χ2v) is 8.71. The topological polar surface area (TPSA) is 77.0 Å². The largest absolute Gasteiger partial charge is 0.473 e. The molecule has 0 bridgehead atoms. The normalized spacial score (nSPS) is 15.7. The number of carbonyl (C=O) groups is 1. The molecule has 4 rings (SSSR count). The van der Waals surface area contributed by atoms with Crippen LogP contribution in [0.2, 0.25) is 0 Å². The fraction of sp³-hybridized carbons (Fsp3) is 0.360. The zero-order valence-corrected chi connectivity index (χ0v) is 19.2. The van der Waals surface area contributed by atoms with Gasteiger partial charge >= 0.3 is 0 Å². The summed E-state index contributed by atoms with van der Waals surface area (Å²) in [5.41, 5.74) is 0.610. The first-order valence-electron chi connectivity index (χ1n) is 11.3. The maximum Gasteiger partial charge on any atom is 0.257 e. The van der Waals surface area contributed by atoms with Crippen LogP contribution in [0.3, 0.4) is 0 Å². The number of hydrogen-bond donors (Lipinski definition) is 1. The highest BCUT2D eigenvalue weighted by molar-refractivity contribution is 6.06. The summed E-state index contributed by atoms with van der Waals surface area (Å²) >= 11 is 0. The zero-order valence-electron chi connectivity index (χ0n) is 19.2. The number of pyridine rings is 3. The van der Waals surface area contributed by atoms with Crippen LogP contribution in [0, 0.1) is 11.6 Å². The fourth-order valence-corrected chi connectivity index (χ4v) is 4.06. The Labute approximate surface area is 199 Å².